The summed E-state index contributed by atoms with van der Waals surface area (Å²) < 4.78 is 76.2. The average Bonchev–Trinajstić information content (AvgIpc) is 2.20. The van der Waals surface area contributed by atoms with Crippen LogP contribution in [-0.2, 0) is 30.3 Å². The summed E-state index contributed by atoms with van der Waals surface area (Å²) in [6, 6.07) is -0.643. The van der Waals surface area contributed by atoms with Crippen molar-refractivity contribution in [2.45, 2.75) is 44.5 Å². The van der Waals surface area contributed by atoms with Gasteiger partial charge in [0, 0.05) is 0 Å². The van der Waals surface area contributed by atoms with Gasteiger partial charge in [0.1, 0.15) is 6.29 Å². The van der Waals surface area contributed by atoms with Crippen molar-refractivity contribution < 1.29 is 138 Å². The fourth-order valence-electron chi connectivity index (χ4n) is 1.15. The van der Waals surface area contributed by atoms with Crippen LogP contribution in [0.5, 0.6) is 0 Å². The number of aliphatic hydroxyl groups is 1. The number of hydrogen-bond acceptors (Lipinski definition) is 9. The third-order valence-corrected chi connectivity index (χ3v) is 1.79. The molecule has 1 aliphatic heterocycles. The molecule has 1 rings (SSSR count). The minimum absolute atomic E-state index is 0. The smallest absolute Gasteiger partial charge is 0.726 e. The predicted molar refractivity (Wildman–Crippen MR) is 73.3 cm³/mol. The molecule has 17 heteroatoms. The summed E-state index contributed by atoms with van der Waals surface area (Å²) in [7, 11) is -9.83. The Kier molecular flexibility index (Phi) is 27.6. The van der Waals surface area contributed by atoms with Crippen molar-refractivity contribution >= 4 is 20.8 Å². The molecular formula is C9H18NNa3O11S2-2. The maximum absolute atomic E-state index is 9.28. The Balaban J connectivity index is -0.0000000967. The van der Waals surface area contributed by atoms with Gasteiger partial charge in [0.25, 0.3) is 0 Å². The van der Waals surface area contributed by atoms with E-state index in [0.717, 1.165) is 0 Å². The van der Waals surface area contributed by atoms with Crippen LogP contribution in [0, 0.1) is 13.3 Å². The molecule has 1 heterocycles. The van der Waals surface area contributed by atoms with Gasteiger partial charge in [-0.3, -0.25) is 9.11 Å². The van der Waals surface area contributed by atoms with E-state index in [4.69, 9.17) is 50.3 Å². The minimum Gasteiger partial charge on any atom is -0.726 e. The van der Waals surface area contributed by atoms with Crippen molar-refractivity contribution in [2.75, 3.05) is 0 Å². The second-order valence-corrected chi connectivity index (χ2v) is 6.00. The Hall–Kier alpha value is 2.58. The average molecular weight is 449 g/mol. The third-order valence-electron chi connectivity index (χ3n) is 1.79. The molecule has 26 heavy (non-hydrogen) atoms. The van der Waals surface area contributed by atoms with Crippen LogP contribution in [0.4, 0.5) is 0 Å². The summed E-state index contributed by atoms with van der Waals surface area (Å²) >= 11 is 0. The molecule has 4 atom stereocenters. The Bertz CT molecular complexity index is 485. The maximum Gasteiger partial charge on any atom is 1.00 e. The Morgan fingerprint density at radius 3 is 1.69 bits per heavy atom. The molecule has 0 radical (unpaired) electrons. The second kappa shape index (κ2) is 18.4. The molecule has 0 aliphatic carbocycles. The molecule has 1 fully saturated rings. The number of ether oxygens (including phenoxy) is 2. The van der Waals surface area contributed by atoms with Crippen molar-refractivity contribution in [3.8, 4) is 0 Å². The standard InChI is InChI=1S/C9H16NO3.3Na.2H2O4S/c1-5(2)12-9-7(10)4-8(11)6(3)13-9;;;;2*1-5(2,3)4/h4-11H,3H2,1-2H3;;;;2*(H2,1,2,3,4)/q-3;3*+1;;/p-2/t6?,7?,8-,9-;;;;;/m0...../s1. The van der Waals surface area contributed by atoms with E-state index in [9.17, 15) is 5.11 Å². The zero-order chi connectivity index (χ0) is 19.0. The van der Waals surface area contributed by atoms with Crippen molar-refractivity contribution in [2.24, 2.45) is 0 Å². The SMILES string of the molecule is O=S(=O)([O-])O.O=S(=O)([O-])O.[CH2-]C1O[C@H](OC(C)C)C([NH-])[CH-][C@@H]1O.[Na+].[Na+].[Na+]. The monoisotopic (exact) mass is 449 g/mol. The number of aliphatic hydroxyl groups excluding tert-OH is 1. The molecule has 0 aromatic carbocycles. The van der Waals surface area contributed by atoms with Crippen LogP contribution in [0.3, 0.4) is 0 Å². The van der Waals surface area contributed by atoms with Crippen molar-refractivity contribution in [1.29, 1.82) is 0 Å². The molecule has 0 aromatic rings. The minimum atomic E-state index is -4.92. The van der Waals surface area contributed by atoms with Crippen LogP contribution in [0.1, 0.15) is 13.8 Å². The first-order valence-electron chi connectivity index (χ1n) is 5.75. The number of rotatable bonds is 2. The molecule has 0 bridgehead atoms. The predicted octanol–water partition coefficient (Wildman–Crippen LogP) is -10.0. The molecule has 0 amide bonds. The molecule has 0 aromatic heterocycles. The van der Waals surface area contributed by atoms with Crippen LogP contribution < -0.4 is 88.7 Å². The van der Waals surface area contributed by atoms with Crippen LogP contribution in [-0.4, -0.2) is 70.8 Å². The van der Waals surface area contributed by atoms with Gasteiger partial charge in [0.05, 0.1) is 6.10 Å². The van der Waals surface area contributed by atoms with E-state index >= 15 is 0 Å². The Labute approximate surface area is 220 Å². The van der Waals surface area contributed by atoms with Crippen LogP contribution in [0.25, 0.3) is 5.73 Å². The van der Waals surface area contributed by atoms with Crippen molar-refractivity contribution in [3.63, 3.8) is 0 Å². The van der Waals surface area contributed by atoms with Gasteiger partial charge in [-0.15, -0.1) is 0 Å². The fraction of sp³-hybridized carbons (Fsp3) is 0.778. The summed E-state index contributed by atoms with van der Waals surface area (Å²) in [5.74, 6) is 0. The van der Waals surface area contributed by atoms with E-state index in [1.54, 1.807) is 0 Å². The summed E-state index contributed by atoms with van der Waals surface area (Å²) in [6.45, 7) is 7.35. The van der Waals surface area contributed by atoms with E-state index in [-0.39, 0.29) is 94.8 Å². The molecule has 0 saturated carbocycles. The largest absolute Gasteiger partial charge is 1.00 e. The fourth-order valence-corrected chi connectivity index (χ4v) is 1.15. The van der Waals surface area contributed by atoms with Gasteiger partial charge in [0.15, 0.2) is 0 Å². The topological polar surface area (TPSA) is 217 Å². The van der Waals surface area contributed by atoms with Gasteiger partial charge in [-0.2, -0.15) is 0 Å². The van der Waals surface area contributed by atoms with Gasteiger partial charge < -0.3 is 42.8 Å². The van der Waals surface area contributed by atoms with E-state index in [2.05, 4.69) is 6.92 Å². The van der Waals surface area contributed by atoms with Crippen LogP contribution in [0.2, 0.25) is 0 Å². The van der Waals surface area contributed by atoms with Crippen molar-refractivity contribution in [1.82, 2.24) is 0 Å². The second-order valence-electron chi connectivity index (χ2n) is 4.29. The van der Waals surface area contributed by atoms with E-state index in [0.29, 0.717) is 0 Å². The molecule has 1 saturated heterocycles. The molecule has 2 unspecified atom stereocenters. The van der Waals surface area contributed by atoms with Crippen LogP contribution in [0.15, 0.2) is 0 Å². The first-order chi connectivity index (χ1) is 10.0. The molecule has 1 aliphatic rings. The van der Waals surface area contributed by atoms with E-state index in [1.807, 2.05) is 13.8 Å². The molecule has 0 spiro atoms. The van der Waals surface area contributed by atoms with Gasteiger partial charge >= 0.3 is 88.7 Å². The number of hydrogen-bond donors (Lipinski definition) is 3. The van der Waals surface area contributed by atoms with E-state index in [1.165, 1.54) is 6.42 Å². The summed E-state index contributed by atoms with van der Waals surface area (Å²) in [4.78, 5) is 0. The summed E-state index contributed by atoms with van der Waals surface area (Å²) in [6.07, 6.45) is -0.423. The Morgan fingerprint density at radius 1 is 1.12 bits per heavy atom. The van der Waals surface area contributed by atoms with Gasteiger partial charge in [-0.1, -0.05) is 12.2 Å². The first kappa shape index (κ1) is 39.1. The summed E-state index contributed by atoms with van der Waals surface area (Å²) in [5, 5.41) is 9.28. The first-order valence-corrected chi connectivity index (χ1v) is 8.48. The van der Waals surface area contributed by atoms with Crippen molar-refractivity contribution in [3.05, 3.63) is 19.1 Å². The zero-order valence-corrected chi connectivity index (χ0v) is 22.7. The quantitative estimate of drug-likeness (QED) is 0.156. The molecule has 12 nitrogen and oxygen atoms in total. The van der Waals surface area contributed by atoms with Gasteiger partial charge in [0.2, 0.25) is 20.8 Å². The van der Waals surface area contributed by atoms with Gasteiger partial charge in [-0.25, -0.2) is 22.9 Å². The molecule has 142 valence electrons. The van der Waals surface area contributed by atoms with E-state index < -0.39 is 45.3 Å². The molecule has 4 N–H and O–H groups in total. The Morgan fingerprint density at radius 2 is 1.42 bits per heavy atom. The van der Waals surface area contributed by atoms with Gasteiger partial charge in [-0.05, 0) is 13.8 Å². The normalized spacial score (nSPS) is 25.0. The summed E-state index contributed by atoms with van der Waals surface area (Å²) in [5.41, 5.74) is 7.55. The zero-order valence-electron chi connectivity index (χ0n) is 15.1. The van der Waals surface area contributed by atoms with Crippen LogP contribution >= 0.6 is 0 Å². The maximum atomic E-state index is 9.28. The third kappa shape index (κ3) is 34.1. The molecular weight excluding hydrogens is 431 g/mol. The number of nitrogens with one attached hydrogen (secondary N) is 1.